The molecular weight excluding hydrogens is 694 g/mol. The molecule has 5 unspecified atom stereocenters. The first-order chi connectivity index (χ1) is 25.9. The third kappa shape index (κ3) is 12.1. The third-order valence-corrected chi connectivity index (χ3v) is 10.2. The first-order valence-corrected chi connectivity index (χ1v) is 18.9. The average Bonchev–Trinajstić information content (AvgIpc) is 3.13. The molecule has 0 amide bonds. The minimum Gasteiger partial charge on any atom is -0.493 e. The summed E-state index contributed by atoms with van der Waals surface area (Å²) in [6.45, 7) is 8.41. The van der Waals surface area contributed by atoms with Crippen LogP contribution in [0.5, 0.6) is 5.75 Å². The SMILES string of the molecule is CO[C@@H]1[C@@H](OC2OC(C)C(C)C(N(C)C)C2O)[C@@H](CC=O)C[C@@H](C)C(=N\OCCCOc2ccc3ncccc3c2)/C=C/C=C/C[C@@H](C)OC(=O)C[C@H]1O. The van der Waals surface area contributed by atoms with Crippen molar-refractivity contribution in [1.82, 2.24) is 9.88 Å². The van der Waals surface area contributed by atoms with E-state index in [2.05, 4.69) is 10.1 Å². The van der Waals surface area contributed by atoms with Gasteiger partial charge in [0.15, 0.2) is 6.29 Å². The Bertz CT molecular complexity index is 1570. The van der Waals surface area contributed by atoms with Crippen LogP contribution >= 0.6 is 0 Å². The topological polar surface area (TPSA) is 158 Å². The number of nitrogens with zero attached hydrogens (tertiary/aromatic N) is 3. The second-order valence-electron chi connectivity index (χ2n) is 14.6. The highest BCUT2D eigenvalue weighted by Gasteiger charge is 2.47. The molecule has 54 heavy (non-hydrogen) atoms. The number of hydrogen-bond acceptors (Lipinski definition) is 13. The number of hydrogen-bond donors (Lipinski definition) is 2. The van der Waals surface area contributed by atoms with Gasteiger partial charge in [-0.15, -0.1) is 0 Å². The molecule has 11 atom stereocenters. The van der Waals surface area contributed by atoms with E-state index in [1.165, 1.54) is 7.11 Å². The quantitative estimate of drug-likeness (QED) is 0.131. The number of rotatable bonds is 12. The van der Waals surface area contributed by atoms with Gasteiger partial charge in [-0.2, -0.15) is 0 Å². The number of allylic oxidation sites excluding steroid dienone is 3. The van der Waals surface area contributed by atoms with Crippen LogP contribution in [0, 0.1) is 17.8 Å². The lowest BCUT2D eigenvalue weighted by atomic mass is 9.82. The number of aromatic nitrogens is 1. The Labute approximate surface area is 319 Å². The van der Waals surface area contributed by atoms with E-state index in [0.717, 1.165) is 22.9 Å². The number of benzene rings is 1. The molecule has 2 aliphatic rings. The number of likely N-dealkylation sites (N-methyl/N-ethyl adjacent to an activating group) is 1. The van der Waals surface area contributed by atoms with Crippen LogP contribution in [-0.4, -0.2) is 121 Å². The number of pyridine rings is 1. The first kappa shape index (κ1) is 43.0. The van der Waals surface area contributed by atoms with Crippen LogP contribution in [0.3, 0.4) is 0 Å². The number of ether oxygens (including phenoxy) is 5. The van der Waals surface area contributed by atoms with Crippen LogP contribution < -0.4 is 4.74 Å². The highest BCUT2D eigenvalue weighted by molar-refractivity contribution is 5.96. The van der Waals surface area contributed by atoms with Crippen LogP contribution in [-0.2, 0) is 33.4 Å². The second kappa shape index (κ2) is 21.4. The van der Waals surface area contributed by atoms with Crippen molar-refractivity contribution >= 4 is 28.9 Å². The van der Waals surface area contributed by atoms with Crippen molar-refractivity contribution in [1.29, 1.82) is 0 Å². The predicted molar refractivity (Wildman–Crippen MR) is 205 cm³/mol. The molecule has 1 saturated heterocycles. The molecule has 0 spiro atoms. The third-order valence-electron chi connectivity index (χ3n) is 10.2. The number of carbonyl (C=O) groups excluding carboxylic acids is 2. The summed E-state index contributed by atoms with van der Waals surface area (Å²) in [7, 11) is 5.19. The maximum Gasteiger partial charge on any atom is 0.308 e. The number of esters is 1. The van der Waals surface area contributed by atoms with Crippen molar-refractivity contribution < 1.29 is 48.3 Å². The fourth-order valence-corrected chi connectivity index (χ4v) is 7.21. The van der Waals surface area contributed by atoms with Crippen molar-refractivity contribution in [3.05, 3.63) is 60.8 Å². The minimum atomic E-state index is -1.35. The van der Waals surface area contributed by atoms with Gasteiger partial charge in [0.1, 0.15) is 37.0 Å². The Morgan fingerprint density at radius 1 is 1.07 bits per heavy atom. The van der Waals surface area contributed by atoms with Gasteiger partial charge in [-0.1, -0.05) is 43.3 Å². The van der Waals surface area contributed by atoms with Gasteiger partial charge in [0.05, 0.1) is 42.6 Å². The van der Waals surface area contributed by atoms with Crippen molar-refractivity contribution in [2.45, 2.75) is 109 Å². The largest absolute Gasteiger partial charge is 0.493 e. The van der Waals surface area contributed by atoms with Crippen LogP contribution in [0.1, 0.15) is 59.8 Å². The van der Waals surface area contributed by atoms with Crippen LogP contribution in [0.4, 0.5) is 0 Å². The van der Waals surface area contributed by atoms with E-state index in [-0.39, 0.29) is 36.8 Å². The summed E-state index contributed by atoms with van der Waals surface area (Å²) in [6, 6.07) is 9.36. The predicted octanol–water partition coefficient (Wildman–Crippen LogP) is 4.88. The molecule has 4 rings (SSSR count). The zero-order valence-electron chi connectivity index (χ0n) is 32.7. The molecule has 13 nitrogen and oxygen atoms in total. The van der Waals surface area contributed by atoms with Crippen LogP contribution in [0.15, 0.2) is 66.0 Å². The van der Waals surface area contributed by atoms with Gasteiger partial charge in [-0.3, -0.25) is 9.78 Å². The zero-order chi connectivity index (χ0) is 39.2. The van der Waals surface area contributed by atoms with Crippen molar-refractivity contribution in [2.24, 2.45) is 22.9 Å². The minimum absolute atomic E-state index is 0.0133. The molecule has 0 saturated carbocycles. The maximum absolute atomic E-state index is 12.9. The van der Waals surface area contributed by atoms with Gasteiger partial charge in [0, 0.05) is 55.8 Å². The lowest BCUT2D eigenvalue weighted by Gasteiger charge is -2.47. The second-order valence-corrected chi connectivity index (χ2v) is 14.6. The number of fused-ring (bicyclic) bond motifs is 1. The Hall–Kier alpha value is -3.72. The first-order valence-electron chi connectivity index (χ1n) is 18.9. The Morgan fingerprint density at radius 2 is 1.87 bits per heavy atom. The lowest BCUT2D eigenvalue weighted by molar-refractivity contribution is -0.301. The fourth-order valence-electron chi connectivity index (χ4n) is 7.21. The van der Waals surface area contributed by atoms with Crippen LogP contribution in [0.25, 0.3) is 10.9 Å². The Morgan fingerprint density at radius 3 is 2.61 bits per heavy atom. The van der Waals surface area contributed by atoms with E-state index in [4.69, 9.17) is 28.5 Å². The fraction of sp³-hybridized carbons (Fsp3) is 0.610. The van der Waals surface area contributed by atoms with E-state index in [0.29, 0.717) is 38.2 Å². The number of aldehydes is 1. The monoisotopic (exact) mass is 753 g/mol. The highest BCUT2D eigenvalue weighted by atomic mass is 16.7. The standard InChI is InChI=1S/C41H59N3O10/c1-26-23-31(18-20-45)39(54-41-38(48)37(44(5)6)28(3)29(4)53-41)40(49-7)35(46)25-36(47)52-27(2)13-9-8-10-15-33(26)43-51-22-12-21-50-32-16-17-34-30(24-32)14-11-19-42-34/h8-11,14-17,19-20,24,26-29,31,35,37-41,46,48H,12-13,18,21-23,25H2,1-7H3/b9-8+,15-10+,43-33-/t26-,27-,28?,29?,31+,35-,37?,38?,39+,40+,41?/m1/s1. The van der Waals surface area contributed by atoms with E-state index in [1.807, 2.05) is 94.4 Å². The van der Waals surface area contributed by atoms with Crippen molar-refractivity contribution in [3.63, 3.8) is 0 Å². The summed E-state index contributed by atoms with van der Waals surface area (Å²) < 4.78 is 30.2. The smallest absolute Gasteiger partial charge is 0.308 e. The molecule has 0 aliphatic carbocycles. The molecule has 2 aliphatic heterocycles. The highest BCUT2D eigenvalue weighted by Crippen LogP contribution is 2.34. The van der Waals surface area contributed by atoms with E-state index >= 15 is 0 Å². The summed E-state index contributed by atoms with van der Waals surface area (Å²) in [5.41, 5.74) is 1.53. The molecule has 1 aromatic carbocycles. The number of oxime groups is 1. The molecular formula is C41H59N3O10. The number of aliphatic hydroxyl groups is 2. The van der Waals surface area contributed by atoms with Gasteiger partial charge < -0.3 is 48.4 Å². The van der Waals surface area contributed by atoms with Gasteiger partial charge in [-0.25, -0.2) is 0 Å². The molecule has 1 fully saturated rings. The normalized spacial score (nSPS) is 33.6. The molecule has 0 bridgehead atoms. The lowest BCUT2D eigenvalue weighted by Crippen LogP contribution is -2.60. The summed E-state index contributed by atoms with van der Waals surface area (Å²) in [5, 5.41) is 28.5. The number of methoxy groups -OCH3 is 1. The number of aliphatic hydroxyl groups excluding tert-OH is 2. The van der Waals surface area contributed by atoms with Gasteiger partial charge in [-0.05, 0) is 70.6 Å². The summed E-state index contributed by atoms with van der Waals surface area (Å²) >= 11 is 0. The molecule has 13 heteroatoms. The van der Waals surface area contributed by atoms with Crippen LogP contribution in [0.2, 0.25) is 0 Å². The van der Waals surface area contributed by atoms with Crippen molar-refractivity contribution in [3.8, 4) is 5.75 Å². The summed E-state index contributed by atoms with van der Waals surface area (Å²) in [4.78, 5) is 37.2. The van der Waals surface area contributed by atoms with E-state index in [1.54, 1.807) is 13.1 Å². The Kier molecular flexibility index (Phi) is 17.0. The van der Waals surface area contributed by atoms with Gasteiger partial charge in [0.2, 0.25) is 0 Å². The molecule has 2 N–H and O–H groups in total. The molecule has 298 valence electrons. The molecule has 2 aromatic rings. The maximum atomic E-state index is 12.9. The van der Waals surface area contributed by atoms with Gasteiger partial charge >= 0.3 is 5.97 Å². The molecule has 1 aromatic heterocycles. The molecule has 0 radical (unpaired) electrons. The zero-order valence-corrected chi connectivity index (χ0v) is 32.7. The average molecular weight is 754 g/mol. The van der Waals surface area contributed by atoms with E-state index < -0.39 is 48.7 Å². The van der Waals surface area contributed by atoms with E-state index in [9.17, 15) is 19.8 Å². The number of carbonyl (C=O) groups is 2. The number of cyclic esters (lactones) is 1. The summed E-state index contributed by atoms with van der Waals surface area (Å²) in [6.07, 6.45) is 4.78. The van der Waals surface area contributed by atoms with Gasteiger partial charge in [0.25, 0.3) is 0 Å². The van der Waals surface area contributed by atoms with Crippen molar-refractivity contribution in [2.75, 3.05) is 34.4 Å². The molecule has 3 heterocycles. The Balaban J connectivity index is 1.56. The summed E-state index contributed by atoms with van der Waals surface area (Å²) in [5.74, 6) is -0.673.